The average molecular weight is 257 g/mol. The highest BCUT2D eigenvalue weighted by molar-refractivity contribution is 5.58. The number of anilines is 1. The molecule has 100 valence electrons. The Morgan fingerprint density at radius 1 is 1.37 bits per heavy atom. The van der Waals surface area contributed by atoms with Crippen LogP contribution in [-0.4, -0.2) is 29.3 Å². The lowest BCUT2D eigenvalue weighted by Crippen LogP contribution is -2.26. The van der Waals surface area contributed by atoms with Gasteiger partial charge in [0.2, 0.25) is 0 Å². The Morgan fingerprint density at radius 2 is 2.16 bits per heavy atom. The lowest BCUT2D eigenvalue weighted by molar-refractivity contribution is 0.133. The molecular weight excluding hydrogens is 238 g/mol. The minimum Gasteiger partial charge on any atom is -0.393 e. The number of rotatable bonds is 1. The van der Waals surface area contributed by atoms with E-state index in [-0.39, 0.29) is 6.10 Å². The molecule has 0 spiro atoms. The van der Waals surface area contributed by atoms with E-state index < -0.39 is 0 Å². The molecule has 1 aliphatic carbocycles. The minimum absolute atomic E-state index is 0.175. The summed E-state index contributed by atoms with van der Waals surface area (Å²) in [7, 11) is 0. The molecule has 1 N–H and O–H groups in total. The summed E-state index contributed by atoms with van der Waals surface area (Å²) in [6, 6.07) is 4.23. The van der Waals surface area contributed by atoms with Gasteiger partial charge in [0.1, 0.15) is 11.9 Å². The predicted octanol–water partition coefficient (Wildman–Crippen LogP) is 1.78. The lowest BCUT2D eigenvalue weighted by atomic mass is 10.00. The molecule has 4 nitrogen and oxygen atoms in total. The summed E-state index contributed by atoms with van der Waals surface area (Å²) in [6.07, 6.45) is 1.84. The molecule has 3 unspecified atom stereocenters. The molecule has 1 aromatic heterocycles. The number of hydrogen-bond acceptors (Lipinski definition) is 4. The van der Waals surface area contributed by atoms with Crippen molar-refractivity contribution in [2.45, 2.75) is 32.8 Å². The molecule has 1 saturated heterocycles. The van der Waals surface area contributed by atoms with E-state index in [1.807, 2.05) is 19.9 Å². The Bertz CT molecular complexity index is 549. The van der Waals surface area contributed by atoms with Crippen LogP contribution in [0.3, 0.4) is 0 Å². The van der Waals surface area contributed by atoms with Crippen LogP contribution in [-0.2, 0) is 0 Å². The van der Waals surface area contributed by atoms with Gasteiger partial charge in [-0.1, -0.05) is 0 Å². The number of aliphatic hydroxyl groups is 1. The monoisotopic (exact) mass is 257 g/mol. The lowest BCUT2D eigenvalue weighted by Gasteiger charge is -2.21. The number of fused-ring (bicyclic) bond motifs is 1. The highest BCUT2D eigenvalue weighted by atomic mass is 16.3. The van der Waals surface area contributed by atoms with Crippen LogP contribution >= 0.6 is 0 Å². The maximum atomic E-state index is 9.99. The van der Waals surface area contributed by atoms with Crippen molar-refractivity contribution in [3.8, 4) is 6.07 Å². The standard InChI is InChI=1S/C15H19N3O/c1-9-5-10(2)17-15(12(9)6-16)18-7-11-3-4-14(19)13(11)8-18/h5,11,13-14,19H,3-4,7-8H2,1-2H3. The fourth-order valence-corrected chi connectivity index (χ4v) is 3.59. The van der Waals surface area contributed by atoms with Gasteiger partial charge in [0.15, 0.2) is 0 Å². The number of aryl methyl sites for hydroxylation is 2. The van der Waals surface area contributed by atoms with Gasteiger partial charge >= 0.3 is 0 Å². The first-order valence-electron chi connectivity index (χ1n) is 6.91. The van der Waals surface area contributed by atoms with E-state index in [2.05, 4.69) is 16.0 Å². The number of hydrogen-bond donors (Lipinski definition) is 1. The number of nitrogens with zero attached hydrogens (tertiary/aromatic N) is 3. The highest BCUT2D eigenvalue weighted by Gasteiger charge is 2.42. The van der Waals surface area contributed by atoms with Crippen LogP contribution in [0.5, 0.6) is 0 Å². The number of nitriles is 1. The van der Waals surface area contributed by atoms with Crippen molar-refractivity contribution in [3.05, 3.63) is 22.9 Å². The fraction of sp³-hybridized carbons (Fsp3) is 0.600. The molecule has 0 radical (unpaired) electrons. The van der Waals surface area contributed by atoms with Crippen LogP contribution < -0.4 is 4.90 Å². The van der Waals surface area contributed by atoms with Gasteiger partial charge in [0, 0.05) is 24.7 Å². The topological polar surface area (TPSA) is 60.2 Å². The number of pyridine rings is 1. The number of aliphatic hydroxyl groups excluding tert-OH is 1. The Labute approximate surface area is 113 Å². The first kappa shape index (κ1) is 12.4. The molecule has 4 heteroatoms. The molecule has 3 rings (SSSR count). The van der Waals surface area contributed by atoms with Crippen molar-refractivity contribution < 1.29 is 5.11 Å². The zero-order chi connectivity index (χ0) is 13.6. The maximum Gasteiger partial charge on any atom is 0.147 e. The van der Waals surface area contributed by atoms with Gasteiger partial charge < -0.3 is 10.0 Å². The first-order valence-corrected chi connectivity index (χ1v) is 6.91. The maximum absolute atomic E-state index is 9.99. The van der Waals surface area contributed by atoms with Crippen LogP contribution in [0, 0.1) is 37.0 Å². The summed E-state index contributed by atoms with van der Waals surface area (Å²) in [4.78, 5) is 6.75. The highest BCUT2D eigenvalue weighted by Crippen LogP contribution is 2.40. The normalized spacial score (nSPS) is 29.4. The van der Waals surface area contributed by atoms with E-state index in [1.54, 1.807) is 0 Å². The van der Waals surface area contributed by atoms with Crippen LogP contribution in [0.25, 0.3) is 0 Å². The van der Waals surface area contributed by atoms with Gasteiger partial charge in [-0.3, -0.25) is 0 Å². The van der Waals surface area contributed by atoms with E-state index in [1.165, 1.54) is 0 Å². The van der Waals surface area contributed by atoms with Crippen molar-refractivity contribution >= 4 is 5.82 Å². The van der Waals surface area contributed by atoms with Gasteiger partial charge in [-0.05, 0) is 44.2 Å². The van der Waals surface area contributed by atoms with E-state index >= 15 is 0 Å². The van der Waals surface area contributed by atoms with Gasteiger partial charge in [-0.2, -0.15) is 5.26 Å². The average Bonchev–Trinajstić information content (AvgIpc) is 2.91. The molecule has 19 heavy (non-hydrogen) atoms. The van der Waals surface area contributed by atoms with Crippen molar-refractivity contribution in [2.24, 2.45) is 11.8 Å². The molecule has 2 fully saturated rings. The van der Waals surface area contributed by atoms with Gasteiger partial charge in [0.25, 0.3) is 0 Å². The molecule has 0 bridgehead atoms. The molecular formula is C15H19N3O. The van der Waals surface area contributed by atoms with Crippen LogP contribution in [0.15, 0.2) is 6.07 Å². The summed E-state index contributed by atoms with van der Waals surface area (Å²) in [5.74, 6) is 1.72. The predicted molar refractivity (Wildman–Crippen MR) is 72.9 cm³/mol. The summed E-state index contributed by atoms with van der Waals surface area (Å²) >= 11 is 0. The second-order valence-electron chi connectivity index (χ2n) is 5.86. The van der Waals surface area contributed by atoms with Gasteiger partial charge in [0.05, 0.1) is 11.7 Å². The van der Waals surface area contributed by atoms with E-state index in [0.717, 1.165) is 43.0 Å². The van der Waals surface area contributed by atoms with Crippen LogP contribution in [0.4, 0.5) is 5.82 Å². The summed E-state index contributed by atoms with van der Waals surface area (Å²) in [6.45, 7) is 5.68. The molecule has 0 aromatic carbocycles. The van der Waals surface area contributed by atoms with E-state index in [9.17, 15) is 10.4 Å². The number of aromatic nitrogens is 1. The summed E-state index contributed by atoms with van der Waals surface area (Å²) < 4.78 is 0. The van der Waals surface area contributed by atoms with Gasteiger partial charge in [-0.25, -0.2) is 4.98 Å². The van der Waals surface area contributed by atoms with E-state index in [4.69, 9.17) is 0 Å². The smallest absolute Gasteiger partial charge is 0.147 e. The van der Waals surface area contributed by atoms with Crippen LogP contribution in [0.1, 0.15) is 29.7 Å². The van der Waals surface area contributed by atoms with Gasteiger partial charge in [-0.15, -0.1) is 0 Å². The van der Waals surface area contributed by atoms with Crippen molar-refractivity contribution in [1.29, 1.82) is 5.26 Å². The fourth-order valence-electron chi connectivity index (χ4n) is 3.59. The molecule has 2 heterocycles. The molecule has 1 saturated carbocycles. The second-order valence-corrected chi connectivity index (χ2v) is 5.86. The Kier molecular flexibility index (Phi) is 2.94. The molecule has 0 amide bonds. The molecule has 1 aliphatic heterocycles. The molecule has 1 aromatic rings. The summed E-state index contributed by atoms with van der Waals surface area (Å²) in [5.41, 5.74) is 2.62. The SMILES string of the molecule is Cc1cc(C)c(C#N)c(N2CC3CCC(O)C3C2)n1. The minimum atomic E-state index is -0.175. The largest absolute Gasteiger partial charge is 0.393 e. The first-order chi connectivity index (χ1) is 9.10. The summed E-state index contributed by atoms with van der Waals surface area (Å²) in [5, 5.41) is 19.3. The molecule has 3 atom stereocenters. The second kappa shape index (κ2) is 4.50. The van der Waals surface area contributed by atoms with Crippen molar-refractivity contribution in [1.82, 2.24) is 4.98 Å². The Morgan fingerprint density at radius 3 is 2.84 bits per heavy atom. The van der Waals surface area contributed by atoms with Crippen LogP contribution in [0.2, 0.25) is 0 Å². The Hall–Kier alpha value is -1.60. The third-order valence-electron chi connectivity index (χ3n) is 4.56. The Balaban J connectivity index is 1.94. The zero-order valence-corrected chi connectivity index (χ0v) is 11.4. The van der Waals surface area contributed by atoms with E-state index in [0.29, 0.717) is 17.4 Å². The third kappa shape index (κ3) is 1.98. The van der Waals surface area contributed by atoms with Crippen molar-refractivity contribution in [3.63, 3.8) is 0 Å². The van der Waals surface area contributed by atoms with Crippen molar-refractivity contribution in [2.75, 3.05) is 18.0 Å². The quantitative estimate of drug-likeness (QED) is 0.833. The molecule has 2 aliphatic rings. The zero-order valence-electron chi connectivity index (χ0n) is 11.4. The third-order valence-corrected chi connectivity index (χ3v) is 4.56.